The second kappa shape index (κ2) is 4.77. The molecule has 1 heterocycles. The lowest BCUT2D eigenvalue weighted by molar-refractivity contribution is 0.659. The summed E-state index contributed by atoms with van der Waals surface area (Å²) in [6, 6.07) is 0. The van der Waals surface area contributed by atoms with Crippen molar-refractivity contribution in [2.24, 2.45) is 0 Å². The predicted octanol–water partition coefficient (Wildman–Crippen LogP) is 3.69. The molecule has 1 unspecified atom stereocenters. The first-order valence-corrected chi connectivity index (χ1v) is 5.08. The molecule has 0 aliphatic rings. The number of halogens is 2. The summed E-state index contributed by atoms with van der Waals surface area (Å²) in [4.78, 5) is 7.83. The largest absolute Gasteiger partial charge is 0.224 e. The maximum absolute atomic E-state index is 5.92. The molecule has 4 heteroatoms. The van der Waals surface area contributed by atoms with E-state index in [-0.39, 0.29) is 0 Å². The Morgan fingerprint density at radius 2 is 1.85 bits per heavy atom. The molecule has 1 aromatic heterocycles. The molecule has 0 radical (unpaired) electrons. The Kier molecular flexibility index (Phi) is 3.94. The second-order valence-corrected chi connectivity index (χ2v) is 3.77. The number of hydrogen-bond acceptors (Lipinski definition) is 2. The van der Waals surface area contributed by atoms with Crippen molar-refractivity contribution in [1.29, 1.82) is 0 Å². The molecule has 0 aliphatic carbocycles. The average molecular weight is 219 g/mol. The minimum atomic E-state index is 0.325. The summed E-state index contributed by atoms with van der Waals surface area (Å²) < 4.78 is 0. The molecular formula is C9H12Cl2N2. The van der Waals surface area contributed by atoms with Crippen LogP contribution in [0.15, 0.2) is 6.33 Å². The standard InChI is InChI=1S/C9H12Cl2N2/c1-3-4-6(2)7-8(10)12-5-13-9(7)11/h5-6H,3-4H2,1-2H3. The minimum absolute atomic E-state index is 0.325. The SMILES string of the molecule is CCCC(C)c1c(Cl)ncnc1Cl. The van der Waals surface area contributed by atoms with Crippen molar-refractivity contribution in [3.05, 3.63) is 22.2 Å². The fraction of sp³-hybridized carbons (Fsp3) is 0.556. The molecule has 1 rings (SSSR count). The maximum Gasteiger partial charge on any atom is 0.137 e. The fourth-order valence-electron chi connectivity index (χ4n) is 1.34. The van der Waals surface area contributed by atoms with Gasteiger partial charge in [0.2, 0.25) is 0 Å². The van der Waals surface area contributed by atoms with Crippen molar-refractivity contribution in [3.63, 3.8) is 0 Å². The van der Waals surface area contributed by atoms with E-state index in [1.165, 1.54) is 6.33 Å². The molecule has 0 fully saturated rings. The van der Waals surface area contributed by atoms with Crippen LogP contribution in [-0.2, 0) is 0 Å². The van der Waals surface area contributed by atoms with Gasteiger partial charge in [0.05, 0.1) is 0 Å². The van der Waals surface area contributed by atoms with Gasteiger partial charge in [0.25, 0.3) is 0 Å². The maximum atomic E-state index is 5.92. The highest BCUT2D eigenvalue weighted by molar-refractivity contribution is 6.34. The van der Waals surface area contributed by atoms with Gasteiger partial charge in [-0.3, -0.25) is 0 Å². The van der Waals surface area contributed by atoms with Gasteiger partial charge in [-0.2, -0.15) is 0 Å². The normalized spacial score (nSPS) is 12.9. The summed E-state index contributed by atoms with van der Waals surface area (Å²) in [5.74, 6) is 0.325. The van der Waals surface area contributed by atoms with E-state index >= 15 is 0 Å². The van der Waals surface area contributed by atoms with Crippen LogP contribution in [0.3, 0.4) is 0 Å². The topological polar surface area (TPSA) is 25.8 Å². The molecule has 0 saturated heterocycles. The fourth-order valence-corrected chi connectivity index (χ4v) is 2.03. The minimum Gasteiger partial charge on any atom is -0.224 e. The molecular weight excluding hydrogens is 207 g/mol. The van der Waals surface area contributed by atoms with Crippen molar-refractivity contribution < 1.29 is 0 Å². The van der Waals surface area contributed by atoms with Crippen LogP contribution in [0.2, 0.25) is 10.3 Å². The van der Waals surface area contributed by atoms with E-state index in [0.29, 0.717) is 16.2 Å². The van der Waals surface area contributed by atoms with Gasteiger partial charge in [0.1, 0.15) is 16.6 Å². The van der Waals surface area contributed by atoms with E-state index in [9.17, 15) is 0 Å². The van der Waals surface area contributed by atoms with Crippen LogP contribution in [0.5, 0.6) is 0 Å². The lowest BCUT2D eigenvalue weighted by Crippen LogP contribution is -1.98. The Balaban J connectivity index is 2.98. The van der Waals surface area contributed by atoms with Crippen LogP contribution in [0, 0.1) is 0 Å². The van der Waals surface area contributed by atoms with Crippen molar-refractivity contribution in [2.75, 3.05) is 0 Å². The molecule has 0 bridgehead atoms. The van der Waals surface area contributed by atoms with Gasteiger partial charge in [-0.05, 0) is 12.3 Å². The first kappa shape index (κ1) is 10.7. The van der Waals surface area contributed by atoms with Crippen molar-refractivity contribution >= 4 is 23.2 Å². The smallest absolute Gasteiger partial charge is 0.137 e. The lowest BCUT2D eigenvalue weighted by Gasteiger charge is -2.12. The van der Waals surface area contributed by atoms with Crippen LogP contribution >= 0.6 is 23.2 Å². The zero-order valence-electron chi connectivity index (χ0n) is 7.72. The number of aromatic nitrogens is 2. The van der Waals surface area contributed by atoms with E-state index in [0.717, 1.165) is 18.4 Å². The zero-order chi connectivity index (χ0) is 9.84. The third-order valence-electron chi connectivity index (χ3n) is 2.00. The predicted molar refractivity (Wildman–Crippen MR) is 55.4 cm³/mol. The van der Waals surface area contributed by atoms with E-state index in [1.807, 2.05) is 0 Å². The molecule has 2 nitrogen and oxygen atoms in total. The van der Waals surface area contributed by atoms with Crippen LogP contribution < -0.4 is 0 Å². The molecule has 1 aromatic rings. The second-order valence-electron chi connectivity index (χ2n) is 3.06. The van der Waals surface area contributed by atoms with E-state index in [1.54, 1.807) is 0 Å². The van der Waals surface area contributed by atoms with Gasteiger partial charge in [-0.25, -0.2) is 9.97 Å². The molecule has 0 aliphatic heterocycles. The van der Waals surface area contributed by atoms with Crippen molar-refractivity contribution in [3.8, 4) is 0 Å². The molecule has 1 atom stereocenters. The van der Waals surface area contributed by atoms with Crippen LogP contribution in [0.1, 0.15) is 38.2 Å². The third-order valence-corrected chi connectivity index (χ3v) is 2.60. The van der Waals surface area contributed by atoms with Gasteiger partial charge < -0.3 is 0 Å². The van der Waals surface area contributed by atoms with Gasteiger partial charge in [0, 0.05) is 5.56 Å². The Labute approximate surface area is 88.3 Å². The Morgan fingerprint density at radius 1 is 1.31 bits per heavy atom. The summed E-state index contributed by atoms with van der Waals surface area (Å²) in [6.07, 6.45) is 3.53. The van der Waals surface area contributed by atoms with Crippen LogP contribution in [-0.4, -0.2) is 9.97 Å². The van der Waals surface area contributed by atoms with Gasteiger partial charge in [0.15, 0.2) is 0 Å². The Bertz CT molecular complexity index is 269. The van der Waals surface area contributed by atoms with Crippen molar-refractivity contribution in [1.82, 2.24) is 9.97 Å². The average Bonchev–Trinajstić information content (AvgIpc) is 2.04. The van der Waals surface area contributed by atoms with Crippen LogP contribution in [0.4, 0.5) is 0 Å². The first-order chi connectivity index (χ1) is 6.16. The highest BCUT2D eigenvalue weighted by Gasteiger charge is 2.14. The van der Waals surface area contributed by atoms with E-state index < -0.39 is 0 Å². The molecule has 0 N–H and O–H groups in total. The third kappa shape index (κ3) is 2.55. The van der Waals surface area contributed by atoms with Crippen molar-refractivity contribution in [2.45, 2.75) is 32.6 Å². The number of rotatable bonds is 3. The number of hydrogen-bond donors (Lipinski definition) is 0. The van der Waals surface area contributed by atoms with E-state index in [2.05, 4.69) is 23.8 Å². The molecule has 0 amide bonds. The quantitative estimate of drug-likeness (QED) is 0.724. The van der Waals surface area contributed by atoms with Gasteiger partial charge in [-0.1, -0.05) is 43.5 Å². The molecule has 0 spiro atoms. The Morgan fingerprint density at radius 3 is 2.31 bits per heavy atom. The first-order valence-electron chi connectivity index (χ1n) is 4.32. The molecule has 13 heavy (non-hydrogen) atoms. The number of nitrogens with zero attached hydrogens (tertiary/aromatic N) is 2. The monoisotopic (exact) mass is 218 g/mol. The Hall–Kier alpha value is -0.340. The molecule has 0 saturated carbocycles. The summed E-state index contributed by atoms with van der Waals surface area (Å²) in [5.41, 5.74) is 0.868. The van der Waals surface area contributed by atoms with Gasteiger partial charge in [-0.15, -0.1) is 0 Å². The summed E-state index contributed by atoms with van der Waals surface area (Å²) in [7, 11) is 0. The lowest BCUT2D eigenvalue weighted by atomic mass is 9.99. The summed E-state index contributed by atoms with van der Waals surface area (Å²) in [6.45, 7) is 4.21. The molecule has 0 aromatic carbocycles. The highest BCUT2D eigenvalue weighted by atomic mass is 35.5. The molecule has 72 valence electrons. The summed E-state index contributed by atoms with van der Waals surface area (Å²) in [5, 5.41) is 0.946. The van der Waals surface area contributed by atoms with Gasteiger partial charge >= 0.3 is 0 Å². The van der Waals surface area contributed by atoms with Crippen LogP contribution in [0.25, 0.3) is 0 Å². The highest BCUT2D eigenvalue weighted by Crippen LogP contribution is 2.30. The summed E-state index contributed by atoms with van der Waals surface area (Å²) >= 11 is 11.8. The zero-order valence-corrected chi connectivity index (χ0v) is 9.23. The van der Waals surface area contributed by atoms with E-state index in [4.69, 9.17) is 23.2 Å².